The summed E-state index contributed by atoms with van der Waals surface area (Å²) in [6.07, 6.45) is 5.36. The lowest BCUT2D eigenvalue weighted by Crippen LogP contribution is -2.33. The number of thiophene rings is 1. The second-order valence-electron chi connectivity index (χ2n) is 4.77. The van der Waals surface area contributed by atoms with Crippen LogP contribution in [0.1, 0.15) is 24.4 Å². The topological polar surface area (TPSA) is 64.1 Å². The Balaban J connectivity index is 1.72. The lowest BCUT2D eigenvalue weighted by Gasteiger charge is -2.24. The van der Waals surface area contributed by atoms with Gasteiger partial charge in [0.1, 0.15) is 6.54 Å². The van der Waals surface area contributed by atoms with Crippen molar-refractivity contribution in [2.45, 2.75) is 25.4 Å². The molecule has 1 atom stereocenters. The molecule has 1 unspecified atom stereocenters. The highest BCUT2D eigenvalue weighted by atomic mass is 32.1. The van der Waals surface area contributed by atoms with E-state index in [1.165, 1.54) is 5.56 Å². The van der Waals surface area contributed by atoms with Crippen molar-refractivity contribution in [1.29, 1.82) is 0 Å². The molecule has 0 aromatic carbocycles. The van der Waals surface area contributed by atoms with E-state index >= 15 is 0 Å². The number of rotatable bonds is 3. The van der Waals surface area contributed by atoms with Gasteiger partial charge >= 0.3 is 0 Å². The molecule has 1 amide bonds. The summed E-state index contributed by atoms with van der Waals surface area (Å²) in [5.41, 5.74) is 7.44. The molecule has 0 aliphatic carbocycles. The van der Waals surface area contributed by atoms with Crippen molar-refractivity contribution >= 4 is 22.9 Å². The van der Waals surface area contributed by atoms with E-state index < -0.39 is 0 Å². The van der Waals surface area contributed by atoms with Crippen LogP contribution in [-0.2, 0) is 11.3 Å². The monoisotopic (exact) mass is 276 g/mol. The Labute approximate surface area is 115 Å². The van der Waals surface area contributed by atoms with Crippen LogP contribution in [0.15, 0.2) is 29.2 Å². The van der Waals surface area contributed by atoms with Crippen LogP contribution in [0, 0.1) is 0 Å². The van der Waals surface area contributed by atoms with Crippen LogP contribution >= 0.6 is 11.3 Å². The summed E-state index contributed by atoms with van der Waals surface area (Å²) >= 11 is 1.68. The normalized spacial score (nSPS) is 18.9. The van der Waals surface area contributed by atoms with Gasteiger partial charge in [-0.3, -0.25) is 9.48 Å². The minimum Gasteiger partial charge on any atom is -0.396 e. The van der Waals surface area contributed by atoms with Gasteiger partial charge in [0.25, 0.3) is 0 Å². The molecule has 1 aliphatic rings. The van der Waals surface area contributed by atoms with Crippen LogP contribution in [0.2, 0.25) is 0 Å². The Hall–Kier alpha value is -1.82. The minimum atomic E-state index is 0.108. The van der Waals surface area contributed by atoms with Crippen molar-refractivity contribution in [2.75, 3.05) is 12.3 Å². The van der Waals surface area contributed by atoms with Crippen LogP contribution in [0.4, 0.5) is 5.69 Å². The number of carbonyl (C=O) groups is 1. The third kappa shape index (κ3) is 2.49. The van der Waals surface area contributed by atoms with E-state index in [0.29, 0.717) is 5.69 Å². The number of amides is 1. The van der Waals surface area contributed by atoms with Gasteiger partial charge in [-0.1, -0.05) is 0 Å². The highest BCUT2D eigenvalue weighted by Gasteiger charge is 2.30. The van der Waals surface area contributed by atoms with Crippen LogP contribution < -0.4 is 5.73 Å². The largest absolute Gasteiger partial charge is 0.396 e. The van der Waals surface area contributed by atoms with Gasteiger partial charge in [0.2, 0.25) is 5.91 Å². The lowest BCUT2D eigenvalue weighted by atomic mass is 10.1. The summed E-state index contributed by atoms with van der Waals surface area (Å²) in [6.45, 7) is 1.09. The Kier molecular flexibility index (Phi) is 3.25. The number of likely N-dealkylation sites (tertiary alicyclic amines) is 1. The Bertz CT molecular complexity index is 563. The van der Waals surface area contributed by atoms with Gasteiger partial charge in [0.05, 0.1) is 17.9 Å². The SMILES string of the molecule is Nc1cnn(CC(=O)N2CCCC2c2ccsc2)c1. The van der Waals surface area contributed by atoms with E-state index in [-0.39, 0.29) is 18.5 Å². The fourth-order valence-corrected chi connectivity index (χ4v) is 3.28. The van der Waals surface area contributed by atoms with Gasteiger partial charge in [-0.25, -0.2) is 0 Å². The zero-order valence-corrected chi connectivity index (χ0v) is 11.3. The molecule has 1 aliphatic heterocycles. The summed E-state index contributed by atoms with van der Waals surface area (Å²) < 4.78 is 1.60. The Morgan fingerprint density at radius 1 is 1.58 bits per heavy atom. The molecule has 0 radical (unpaired) electrons. The Morgan fingerprint density at radius 3 is 3.16 bits per heavy atom. The second kappa shape index (κ2) is 5.05. The lowest BCUT2D eigenvalue weighted by molar-refractivity contribution is -0.133. The summed E-state index contributed by atoms with van der Waals surface area (Å²) in [7, 11) is 0. The fourth-order valence-electron chi connectivity index (χ4n) is 2.57. The molecule has 2 N–H and O–H groups in total. The number of hydrogen-bond acceptors (Lipinski definition) is 4. The molecule has 3 rings (SSSR count). The molecule has 3 heterocycles. The van der Waals surface area contributed by atoms with Crippen molar-refractivity contribution in [2.24, 2.45) is 0 Å². The van der Waals surface area contributed by atoms with E-state index in [1.807, 2.05) is 4.90 Å². The first kappa shape index (κ1) is 12.2. The predicted molar refractivity (Wildman–Crippen MR) is 74.6 cm³/mol. The van der Waals surface area contributed by atoms with Crippen LogP contribution in [0.3, 0.4) is 0 Å². The number of nitrogens with two attached hydrogens (primary N) is 1. The van der Waals surface area contributed by atoms with Gasteiger partial charge in [-0.2, -0.15) is 16.4 Å². The quantitative estimate of drug-likeness (QED) is 0.931. The maximum Gasteiger partial charge on any atom is 0.244 e. The molecule has 6 heteroatoms. The molecular weight excluding hydrogens is 260 g/mol. The number of carbonyl (C=O) groups excluding carboxylic acids is 1. The van der Waals surface area contributed by atoms with Crippen molar-refractivity contribution in [3.05, 3.63) is 34.8 Å². The summed E-state index contributed by atoms with van der Waals surface area (Å²) in [5, 5.41) is 8.25. The first-order valence-electron chi connectivity index (χ1n) is 6.33. The van der Waals surface area contributed by atoms with E-state index in [0.717, 1.165) is 19.4 Å². The van der Waals surface area contributed by atoms with E-state index in [2.05, 4.69) is 21.9 Å². The summed E-state index contributed by atoms with van der Waals surface area (Å²) in [5.74, 6) is 0.108. The molecule has 19 heavy (non-hydrogen) atoms. The smallest absolute Gasteiger partial charge is 0.244 e. The first-order chi connectivity index (χ1) is 9.24. The number of nitrogen functional groups attached to an aromatic ring is 1. The summed E-state index contributed by atoms with van der Waals surface area (Å²) in [4.78, 5) is 14.3. The summed E-state index contributed by atoms with van der Waals surface area (Å²) in [6, 6.07) is 2.33. The van der Waals surface area contributed by atoms with Gasteiger partial charge in [-0.15, -0.1) is 0 Å². The van der Waals surface area contributed by atoms with E-state index in [9.17, 15) is 4.79 Å². The van der Waals surface area contributed by atoms with Crippen LogP contribution in [0.25, 0.3) is 0 Å². The maximum absolute atomic E-state index is 12.4. The van der Waals surface area contributed by atoms with Crippen molar-refractivity contribution in [3.63, 3.8) is 0 Å². The highest BCUT2D eigenvalue weighted by molar-refractivity contribution is 7.07. The van der Waals surface area contributed by atoms with Gasteiger partial charge in [0.15, 0.2) is 0 Å². The molecule has 2 aromatic rings. The molecule has 0 saturated carbocycles. The second-order valence-corrected chi connectivity index (χ2v) is 5.55. The third-order valence-electron chi connectivity index (χ3n) is 3.45. The van der Waals surface area contributed by atoms with Crippen molar-refractivity contribution in [1.82, 2.24) is 14.7 Å². The molecule has 0 bridgehead atoms. The minimum absolute atomic E-state index is 0.108. The number of anilines is 1. The average molecular weight is 276 g/mol. The number of nitrogens with zero attached hydrogens (tertiary/aromatic N) is 3. The van der Waals surface area contributed by atoms with Crippen LogP contribution in [0.5, 0.6) is 0 Å². The van der Waals surface area contributed by atoms with Crippen molar-refractivity contribution < 1.29 is 4.79 Å². The molecule has 5 nitrogen and oxygen atoms in total. The highest BCUT2D eigenvalue weighted by Crippen LogP contribution is 2.33. The molecule has 1 fully saturated rings. The van der Waals surface area contributed by atoms with Gasteiger partial charge < -0.3 is 10.6 Å². The number of hydrogen-bond donors (Lipinski definition) is 1. The number of aromatic nitrogens is 2. The van der Waals surface area contributed by atoms with Crippen molar-refractivity contribution in [3.8, 4) is 0 Å². The molecule has 2 aromatic heterocycles. The zero-order valence-electron chi connectivity index (χ0n) is 10.5. The van der Waals surface area contributed by atoms with Crippen LogP contribution in [-0.4, -0.2) is 27.1 Å². The standard InChI is InChI=1S/C13H16N4OS/c14-11-6-15-16(7-11)8-13(18)17-4-1-2-12(17)10-3-5-19-9-10/h3,5-7,9,12H,1-2,4,8,14H2. The molecule has 1 saturated heterocycles. The first-order valence-corrected chi connectivity index (χ1v) is 7.28. The molecule has 0 spiro atoms. The van der Waals surface area contributed by atoms with Gasteiger partial charge in [0, 0.05) is 12.7 Å². The van der Waals surface area contributed by atoms with Gasteiger partial charge in [-0.05, 0) is 35.2 Å². The molecular formula is C13H16N4OS. The molecule has 100 valence electrons. The van der Waals surface area contributed by atoms with E-state index in [1.54, 1.807) is 28.4 Å². The third-order valence-corrected chi connectivity index (χ3v) is 4.15. The average Bonchev–Trinajstić information content (AvgIpc) is 3.07. The maximum atomic E-state index is 12.4. The zero-order chi connectivity index (χ0) is 13.2. The Morgan fingerprint density at radius 2 is 2.47 bits per heavy atom. The predicted octanol–water partition coefficient (Wildman–Crippen LogP) is 1.89. The van der Waals surface area contributed by atoms with E-state index in [4.69, 9.17) is 5.73 Å². The fraction of sp³-hybridized carbons (Fsp3) is 0.385.